The minimum Gasteiger partial charge on any atom is -0.371 e. The van der Waals surface area contributed by atoms with Crippen molar-refractivity contribution in [3.63, 3.8) is 0 Å². The zero-order chi connectivity index (χ0) is 13.4. The summed E-state index contributed by atoms with van der Waals surface area (Å²) in [5.74, 6) is -0.608. The number of hydrogen-bond acceptors (Lipinski definition) is 4. The number of fused-ring (bicyclic) bond motifs is 1. The van der Waals surface area contributed by atoms with Crippen LogP contribution < -0.4 is 11.4 Å². The molecular weight excluding hydrogens is 262 g/mol. The Bertz CT molecular complexity index is 842. The van der Waals surface area contributed by atoms with Crippen LogP contribution in [0.15, 0.2) is 49.7 Å². The monoisotopic (exact) mass is 273 g/mol. The smallest absolute Gasteiger partial charge is 0.371 e. The molecule has 96 valence electrons. The van der Waals surface area contributed by atoms with E-state index in [0.717, 1.165) is 11.1 Å². The molecular formula is C14H11NO3S. The van der Waals surface area contributed by atoms with Crippen LogP contribution in [-0.2, 0) is 6.54 Å². The van der Waals surface area contributed by atoms with Crippen molar-refractivity contribution in [2.45, 2.75) is 13.5 Å². The number of thiophene rings is 1. The molecule has 3 aromatic rings. The van der Waals surface area contributed by atoms with Gasteiger partial charge in [-0.1, -0.05) is 30.3 Å². The van der Waals surface area contributed by atoms with Crippen molar-refractivity contribution < 1.29 is 4.42 Å². The molecule has 0 fully saturated rings. The number of aromatic nitrogens is 1. The minimum atomic E-state index is -0.608. The summed E-state index contributed by atoms with van der Waals surface area (Å²) in [7, 11) is 0. The van der Waals surface area contributed by atoms with Crippen LogP contribution in [0.5, 0.6) is 0 Å². The quantitative estimate of drug-likeness (QED) is 0.720. The first-order valence-corrected chi connectivity index (χ1v) is 6.70. The second-order valence-electron chi connectivity index (χ2n) is 4.32. The molecule has 0 saturated heterocycles. The van der Waals surface area contributed by atoms with Crippen LogP contribution in [0.25, 0.3) is 10.2 Å². The number of nitrogens with zero attached hydrogens (tertiary/aromatic N) is 1. The molecule has 5 heteroatoms. The van der Waals surface area contributed by atoms with Gasteiger partial charge in [0.15, 0.2) is 0 Å². The standard InChI is InChI=1S/C14H11NO3S/c1-9-8-19-12-11(9)15(14(17)18-13(12)16)7-10-5-3-2-4-6-10/h2-6,8H,7H2,1H3. The molecule has 3 rings (SSSR count). The van der Waals surface area contributed by atoms with Crippen molar-refractivity contribution in [3.8, 4) is 0 Å². The highest BCUT2D eigenvalue weighted by Crippen LogP contribution is 2.21. The maximum absolute atomic E-state index is 11.9. The summed E-state index contributed by atoms with van der Waals surface area (Å²) in [5, 5.41) is 1.86. The molecule has 2 heterocycles. The van der Waals surface area contributed by atoms with Gasteiger partial charge in [-0.25, -0.2) is 9.59 Å². The zero-order valence-electron chi connectivity index (χ0n) is 10.3. The lowest BCUT2D eigenvalue weighted by Gasteiger charge is -2.07. The molecule has 2 aromatic heterocycles. The van der Waals surface area contributed by atoms with Crippen molar-refractivity contribution in [3.05, 3.63) is 67.8 Å². The molecule has 0 atom stereocenters. The highest BCUT2D eigenvalue weighted by atomic mass is 32.1. The molecule has 0 bridgehead atoms. The average Bonchev–Trinajstić information content (AvgIpc) is 2.78. The summed E-state index contributed by atoms with van der Waals surface area (Å²) in [5.41, 5.74) is 2.03. The normalized spacial score (nSPS) is 11.0. The van der Waals surface area contributed by atoms with Gasteiger partial charge >= 0.3 is 11.4 Å². The Morgan fingerprint density at radius 1 is 1.21 bits per heavy atom. The third-order valence-corrected chi connectivity index (χ3v) is 4.05. The maximum atomic E-state index is 11.9. The maximum Gasteiger partial charge on any atom is 0.422 e. The molecule has 1 aromatic carbocycles. The van der Waals surface area contributed by atoms with Crippen molar-refractivity contribution in [2.24, 2.45) is 0 Å². The van der Waals surface area contributed by atoms with Gasteiger partial charge in [-0.2, -0.15) is 0 Å². The summed E-state index contributed by atoms with van der Waals surface area (Å²) in [6, 6.07) is 9.62. The van der Waals surface area contributed by atoms with Gasteiger partial charge in [-0.05, 0) is 23.4 Å². The molecule has 0 aliphatic heterocycles. The second kappa shape index (κ2) is 4.51. The van der Waals surface area contributed by atoms with Crippen LogP contribution in [0, 0.1) is 6.92 Å². The molecule has 0 spiro atoms. The highest BCUT2D eigenvalue weighted by molar-refractivity contribution is 7.17. The third-order valence-electron chi connectivity index (χ3n) is 2.98. The lowest BCUT2D eigenvalue weighted by atomic mass is 10.2. The van der Waals surface area contributed by atoms with Crippen LogP contribution in [0.1, 0.15) is 11.1 Å². The van der Waals surface area contributed by atoms with E-state index in [1.807, 2.05) is 42.6 Å². The Labute approximate surface area is 112 Å². The van der Waals surface area contributed by atoms with E-state index in [2.05, 4.69) is 0 Å². The first-order chi connectivity index (χ1) is 9.16. The van der Waals surface area contributed by atoms with Gasteiger partial charge in [0, 0.05) is 0 Å². The van der Waals surface area contributed by atoms with Crippen LogP contribution in [-0.4, -0.2) is 4.57 Å². The summed E-state index contributed by atoms with van der Waals surface area (Å²) in [6.45, 7) is 2.29. The van der Waals surface area contributed by atoms with E-state index in [-0.39, 0.29) is 0 Å². The molecule has 0 aliphatic carbocycles. The van der Waals surface area contributed by atoms with Crippen LogP contribution in [0.4, 0.5) is 0 Å². The molecule has 0 saturated carbocycles. The van der Waals surface area contributed by atoms with Crippen LogP contribution in [0.3, 0.4) is 0 Å². The van der Waals surface area contributed by atoms with E-state index in [9.17, 15) is 9.59 Å². The Morgan fingerprint density at radius 3 is 2.68 bits per heavy atom. The second-order valence-corrected chi connectivity index (χ2v) is 5.20. The van der Waals surface area contributed by atoms with Crippen molar-refractivity contribution in [2.75, 3.05) is 0 Å². The van der Waals surface area contributed by atoms with Gasteiger partial charge in [-0.15, -0.1) is 11.3 Å². The fourth-order valence-corrected chi connectivity index (χ4v) is 3.03. The fourth-order valence-electron chi connectivity index (χ4n) is 2.10. The lowest BCUT2D eigenvalue weighted by Crippen LogP contribution is -2.25. The summed E-state index contributed by atoms with van der Waals surface area (Å²) in [4.78, 5) is 23.6. The minimum absolute atomic E-state index is 0.400. The third kappa shape index (κ3) is 2.02. The van der Waals surface area contributed by atoms with Gasteiger partial charge in [0.25, 0.3) is 0 Å². The predicted molar refractivity (Wildman–Crippen MR) is 74.9 cm³/mol. The van der Waals surface area contributed by atoms with E-state index < -0.39 is 11.4 Å². The van der Waals surface area contributed by atoms with Crippen LogP contribution in [0.2, 0.25) is 0 Å². The van der Waals surface area contributed by atoms with E-state index >= 15 is 0 Å². The topological polar surface area (TPSA) is 52.2 Å². The number of hydrogen-bond donors (Lipinski definition) is 0. The fraction of sp³-hybridized carbons (Fsp3) is 0.143. The SMILES string of the molecule is Cc1csc2c(=O)oc(=O)n(Cc3ccccc3)c12. The molecule has 0 N–H and O–H groups in total. The van der Waals surface area contributed by atoms with Crippen molar-refractivity contribution >= 4 is 21.6 Å². The summed E-state index contributed by atoms with van der Waals surface area (Å²) >= 11 is 1.31. The first kappa shape index (κ1) is 11.9. The summed E-state index contributed by atoms with van der Waals surface area (Å²) < 4.78 is 6.77. The zero-order valence-corrected chi connectivity index (χ0v) is 11.1. The molecule has 4 nitrogen and oxygen atoms in total. The van der Waals surface area contributed by atoms with Gasteiger partial charge in [0.2, 0.25) is 0 Å². The largest absolute Gasteiger partial charge is 0.422 e. The average molecular weight is 273 g/mol. The molecule has 19 heavy (non-hydrogen) atoms. The van der Waals surface area contributed by atoms with Gasteiger partial charge < -0.3 is 4.42 Å². The molecule has 0 aliphatic rings. The predicted octanol–water partition coefficient (Wildman–Crippen LogP) is 2.37. The van der Waals surface area contributed by atoms with Gasteiger partial charge in [0.05, 0.1) is 12.1 Å². The van der Waals surface area contributed by atoms with Gasteiger partial charge in [-0.3, -0.25) is 4.57 Å². The Kier molecular flexibility index (Phi) is 2.83. The summed E-state index contributed by atoms with van der Waals surface area (Å²) in [6.07, 6.45) is 0. The van der Waals surface area contributed by atoms with E-state index in [4.69, 9.17) is 4.42 Å². The first-order valence-electron chi connectivity index (χ1n) is 5.82. The molecule has 0 unspecified atom stereocenters. The number of aryl methyl sites for hydroxylation is 1. The van der Waals surface area contributed by atoms with Crippen molar-refractivity contribution in [1.29, 1.82) is 0 Å². The van der Waals surface area contributed by atoms with E-state index in [0.29, 0.717) is 16.8 Å². The molecule has 0 radical (unpaired) electrons. The lowest BCUT2D eigenvalue weighted by molar-refractivity contribution is 0.425. The van der Waals surface area contributed by atoms with Gasteiger partial charge in [0.1, 0.15) is 4.70 Å². The Balaban J connectivity index is 2.26. The van der Waals surface area contributed by atoms with Crippen LogP contribution >= 0.6 is 11.3 Å². The highest BCUT2D eigenvalue weighted by Gasteiger charge is 2.13. The van der Waals surface area contributed by atoms with E-state index in [1.54, 1.807) is 0 Å². The van der Waals surface area contributed by atoms with E-state index in [1.165, 1.54) is 15.9 Å². The van der Waals surface area contributed by atoms with Crippen molar-refractivity contribution in [1.82, 2.24) is 4.57 Å². The number of benzene rings is 1. The Hall–Kier alpha value is -2.14. The Morgan fingerprint density at radius 2 is 1.95 bits per heavy atom. The number of rotatable bonds is 2. The molecule has 0 amide bonds.